The third kappa shape index (κ3) is 2.22. The summed E-state index contributed by atoms with van der Waals surface area (Å²) < 4.78 is 23.5. The first-order valence-electron chi connectivity index (χ1n) is 5.69. The molecule has 0 radical (unpaired) electrons. The average Bonchev–Trinajstić information content (AvgIpc) is 2.63. The van der Waals surface area contributed by atoms with Crippen LogP contribution in [-0.4, -0.2) is 54.5 Å². The molecule has 0 saturated carbocycles. The molecule has 2 fully saturated rings. The Kier molecular flexibility index (Phi) is 3.21. The number of aliphatic hydroxyl groups is 1. The maximum absolute atomic E-state index is 12.0. The maximum atomic E-state index is 12.0. The molecular formula is C10H17NO4S. The standard InChI is InChI=1S/C10H17NO4S/c12-8-4-5-11(7-8)10(13)9-3-1-2-6-16(9,14)15/h8-9,12H,1-7H2/t8-,9?/m1/s1. The van der Waals surface area contributed by atoms with E-state index in [9.17, 15) is 18.3 Å². The van der Waals surface area contributed by atoms with Crippen molar-refractivity contribution in [3.8, 4) is 0 Å². The van der Waals surface area contributed by atoms with Gasteiger partial charge in [-0.05, 0) is 19.3 Å². The van der Waals surface area contributed by atoms with E-state index in [2.05, 4.69) is 0 Å². The summed E-state index contributed by atoms with van der Waals surface area (Å²) in [7, 11) is -3.25. The van der Waals surface area contributed by atoms with Gasteiger partial charge in [-0.2, -0.15) is 0 Å². The summed E-state index contributed by atoms with van der Waals surface area (Å²) in [6, 6.07) is 0. The Morgan fingerprint density at radius 3 is 2.56 bits per heavy atom. The molecule has 1 unspecified atom stereocenters. The van der Waals surface area contributed by atoms with Crippen LogP contribution in [0.15, 0.2) is 0 Å². The van der Waals surface area contributed by atoms with Gasteiger partial charge in [0, 0.05) is 13.1 Å². The summed E-state index contributed by atoms with van der Waals surface area (Å²) in [4.78, 5) is 13.5. The summed E-state index contributed by atoms with van der Waals surface area (Å²) in [6.45, 7) is 0.761. The molecule has 2 aliphatic heterocycles. The molecule has 2 aliphatic rings. The monoisotopic (exact) mass is 247 g/mol. The molecular weight excluding hydrogens is 230 g/mol. The van der Waals surface area contributed by atoms with E-state index in [-0.39, 0.29) is 18.2 Å². The van der Waals surface area contributed by atoms with E-state index in [4.69, 9.17) is 0 Å². The number of hydrogen-bond acceptors (Lipinski definition) is 4. The molecule has 0 bridgehead atoms. The molecule has 2 heterocycles. The van der Waals surface area contributed by atoms with Gasteiger partial charge >= 0.3 is 0 Å². The number of carbonyl (C=O) groups excluding carboxylic acids is 1. The Morgan fingerprint density at radius 2 is 2.00 bits per heavy atom. The first-order chi connectivity index (χ1) is 7.50. The lowest BCUT2D eigenvalue weighted by Crippen LogP contribution is -2.44. The van der Waals surface area contributed by atoms with Gasteiger partial charge in [0.25, 0.3) is 0 Å². The number of carbonyl (C=O) groups is 1. The van der Waals surface area contributed by atoms with E-state index >= 15 is 0 Å². The molecule has 0 spiro atoms. The average molecular weight is 247 g/mol. The van der Waals surface area contributed by atoms with Gasteiger partial charge in [0.15, 0.2) is 9.84 Å². The largest absolute Gasteiger partial charge is 0.391 e. The predicted octanol–water partition coefficient (Wildman–Crippen LogP) is -0.453. The number of nitrogens with zero attached hydrogens (tertiary/aromatic N) is 1. The molecule has 2 atom stereocenters. The second-order valence-corrected chi connectivity index (χ2v) is 6.88. The van der Waals surface area contributed by atoms with E-state index in [1.54, 1.807) is 0 Å². The lowest BCUT2D eigenvalue weighted by Gasteiger charge is -2.26. The molecule has 0 aromatic carbocycles. The highest BCUT2D eigenvalue weighted by Crippen LogP contribution is 2.23. The zero-order valence-electron chi connectivity index (χ0n) is 9.13. The fourth-order valence-electron chi connectivity index (χ4n) is 2.38. The Morgan fingerprint density at radius 1 is 1.25 bits per heavy atom. The molecule has 0 aromatic heterocycles. The van der Waals surface area contributed by atoms with Crippen LogP contribution in [0.2, 0.25) is 0 Å². The fourth-order valence-corrected chi connectivity index (χ4v) is 4.25. The van der Waals surface area contributed by atoms with Crippen LogP contribution in [-0.2, 0) is 14.6 Å². The second kappa shape index (κ2) is 4.33. The van der Waals surface area contributed by atoms with Crippen LogP contribution in [0.25, 0.3) is 0 Å². The van der Waals surface area contributed by atoms with Crippen molar-refractivity contribution in [2.24, 2.45) is 0 Å². The van der Waals surface area contributed by atoms with E-state index in [0.29, 0.717) is 25.8 Å². The van der Waals surface area contributed by atoms with Crippen LogP contribution in [0.1, 0.15) is 25.7 Å². The minimum absolute atomic E-state index is 0.125. The quantitative estimate of drug-likeness (QED) is 0.681. The topological polar surface area (TPSA) is 74.7 Å². The fraction of sp³-hybridized carbons (Fsp3) is 0.900. The minimum Gasteiger partial charge on any atom is -0.391 e. The number of rotatable bonds is 1. The number of aliphatic hydroxyl groups excluding tert-OH is 1. The summed E-state index contributed by atoms with van der Waals surface area (Å²) in [5.41, 5.74) is 0. The van der Waals surface area contributed by atoms with Gasteiger partial charge in [-0.3, -0.25) is 4.79 Å². The third-order valence-corrected chi connectivity index (χ3v) is 5.49. The van der Waals surface area contributed by atoms with Crippen LogP contribution < -0.4 is 0 Å². The molecule has 2 saturated heterocycles. The molecule has 0 aliphatic carbocycles. The lowest BCUT2D eigenvalue weighted by atomic mass is 10.2. The van der Waals surface area contributed by atoms with Crippen molar-refractivity contribution in [1.29, 1.82) is 0 Å². The molecule has 6 heteroatoms. The summed E-state index contributed by atoms with van der Waals surface area (Å²) in [5.74, 6) is -0.184. The summed E-state index contributed by atoms with van der Waals surface area (Å²) in [6.07, 6.45) is 1.96. The van der Waals surface area contributed by atoms with E-state index < -0.39 is 21.2 Å². The zero-order valence-corrected chi connectivity index (χ0v) is 9.95. The summed E-state index contributed by atoms with van der Waals surface area (Å²) >= 11 is 0. The van der Waals surface area contributed by atoms with Crippen molar-refractivity contribution in [3.63, 3.8) is 0 Å². The van der Waals surface area contributed by atoms with Gasteiger partial charge in [-0.15, -0.1) is 0 Å². The smallest absolute Gasteiger partial charge is 0.240 e. The number of sulfone groups is 1. The van der Waals surface area contributed by atoms with Crippen LogP contribution >= 0.6 is 0 Å². The van der Waals surface area contributed by atoms with Gasteiger partial charge < -0.3 is 10.0 Å². The molecule has 16 heavy (non-hydrogen) atoms. The molecule has 92 valence electrons. The van der Waals surface area contributed by atoms with Crippen molar-refractivity contribution in [2.75, 3.05) is 18.8 Å². The Labute approximate surface area is 95.4 Å². The maximum Gasteiger partial charge on any atom is 0.240 e. The molecule has 5 nitrogen and oxygen atoms in total. The highest BCUT2D eigenvalue weighted by molar-refractivity contribution is 7.92. The minimum atomic E-state index is -3.25. The van der Waals surface area contributed by atoms with Crippen LogP contribution in [0, 0.1) is 0 Å². The van der Waals surface area contributed by atoms with Gasteiger partial charge in [0.2, 0.25) is 5.91 Å². The second-order valence-electron chi connectivity index (χ2n) is 4.58. The molecule has 0 aromatic rings. The Hall–Kier alpha value is -0.620. The molecule has 1 N–H and O–H groups in total. The zero-order chi connectivity index (χ0) is 11.8. The third-order valence-electron chi connectivity index (χ3n) is 3.33. The van der Waals surface area contributed by atoms with Crippen molar-refractivity contribution < 1.29 is 18.3 Å². The van der Waals surface area contributed by atoms with Gasteiger partial charge in [-0.25, -0.2) is 8.42 Å². The van der Waals surface area contributed by atoms with Crippen molar-refractivity contribution in [3.05, 3.63) is 0 Å². The normalized spacial score (nSPS) is 33.9. The van der Waals surface area contributed by atoms with E-state index in [1.807, 2.05) is 0 Å². The van der Waals surface area contributed by atoms with Crippen molar-refractivity contribution in [2.45, 2.75) is 37.0 Å². The number of β-amino-alcohol motifs (C(OH)–C–C–N with tert-alkyl or cyclic N) is 1. The summed E-state index contributed by atoms with van der Waals surface area (Å²) in [5, 5.41) is 8.48. The highest BCUT2D eigenvalue weighted by Gasteiger charge is 2.39. The van der Waals surface area contributed by atoms with E-state index in [0.717, 1.165) is 6.42 Å². The highest BCUT2D eigenvalue weighted by atomic mass is 32.2. The first-order valence-corrected chi connectivity index (χ1v) is 7.40. The SMILES string of the molecule is O=C(C1CCCCS1(=O)=O)N1CC[C@@H](O)C1. The Balaban J connectivity index is 2.09. The number of hydrogen-bond donors (Lipinski definition) is 1. The lowest BCUT2D eigenvalue weighted by molar-refractivity contribution is -0.130. The number of likely N-dealkylation sites (tertiary alicyclic amines) is 1. The number of amides is 1. The van der Waals surface area contributed by atoms with Crippen molar-refractivity contribution >= 4 is 15.7 Å². The van der Waals surface area contributed by atoms with E-state index in [1.165, 1.54) is 4.90 Å². The van der Waals surface area contributed by atoms with Crippen LogP contribution in [0.3, 0.4) is 0 Å². The molecule has 1 amide bonds. The van der Waals surface area contributed by atoms with Crippen molar-refractivity contribution in [1.82, 2.24) is 4.90 Å². The van der Waals surface area contributed by atoms with Gasteiger partial charge in [0.1, 0.15) is 5.25 Å². The molecule has 2 rings (SSSR count). The van der Waals surface area contributed by atoms with Crippen LogP contribution in [0.4, 0.5) is 0 Å². The Bertz CT molecular complexity index is 378. The first kappa shape index (κ1) is 11.9. The predicted molar refractivity (Wildman–Crippen MR) is 58.6 cm³/mol. The van der Waals surface area contributed by atoms with Gasteiger partial charge in [-0.1, -0.05) is 6.42 Å². The van der Waals surface area contributed by atoms with Crippen LogP contribution in [0.5, 0.6) is 0 Å². The van der Waals surface area contributed by atoms with Gasteiger partial charge in [0.05, 0.1) is 11.9 Å².